The molecule has 1 fully saturated rings. The summed E-state index contributed by atoms with van der Waals surface area (Å²) in [7, 11) is 3.09. The van der Waals surface area contributed by atoms with Crippen LogP contribution in [0, 0.1) is 0 Å². The Morgan fingerprint density at radius 3 is 2.76 bits per heavy atom. The van der Waals surface area contributed by atoms with Gasteiger partial charge < -0.3 is 14.2 Å². The van der Waals surface area contributed by atoms with Crippen molar-refractivity contribution in [1.82, 2.24) is 24.6 Å². The fourth-order valence-electron chi connectivity index (χ4n) is 3.16. The molecule has 0 atom stereocenters. The van der Waals surface area contributed by atoms with Crippen LogP contribution in [0.3, 0.4) is 0 Å². The normalized spacial score (nSPS) is 15.4. The fourth-order valence-corrected chi connectivity index (χ4v) is 3.16. The molecule has 8 nitrogen and oxygen atoms in total. The molecule has 3 aromatic heterocycles. The van der Waals surface area contributed by atoms with Gasteiger partial charge in [0.2, 0.25) is 5.88 Å². The quantitative estimate of drug-likeness (QED) is 0.718. The molecule has 4 heterocycles. The molecule has 130 valence electrons. The van der Waals surface area contributed by atoms with Crippen LogP contribution in [-0.4, -0.2) is 52.0 Å². The molecular formula is C17H19N5O3. The number of ether oxygens (including phenoxy) is 3. The highest BCUT2D eigenvalue weighted by Crippen LogP contribution is 2.34. The molecular weight excluding hydrogens is 322 g/mol. The van der Waals surface area contributed by atoms with E-state index in [4.69, 9.17) is 14.2 Å². The van der Waals surface area contributed by atoms with E-state index < -0.39 is 0 Å². The first-order valence-electron chi connectivity index (χ1n) is 8.17. The van der Waals surface area contributed by atoms with E-state index in [1.54, 1.807) is 24.0 Å². The van der Waals surface area contributed by atoms with Gasteiger partial charge in [-0.1, -0.05) is 0 Å². The second kappa shape index (κ2) is 6.64. The number of rotatable bonds is 4. The number of imidazole rings is 1. The van der Waals surface area contributed by atoms with Gasteiger partial charge in [0.15, 0.2) is 5.65 Å². The fraction of sp³-hybridized carbons (Fsp3) is 0.412. The summed E-state index contributed by atoms with van der Waals surface area (Å²) in [5, 5.41) is 4.65. The molecule has 25 heavy (non-hydrogen) atoms. The van der Waals surface area contributed by atoms with Crippen molar-refractivity contribution in [2.24, 2.45) is 0 Å². The van der Waals surface area contributed by atoms with Crippen molar-refractivity contribution >= 4 is 5.65 Å². The zero-order valence-corrected chi connectivity index (χ0v) is 14.2. The summed E-state index contributed by atoms with van der Waals surface area (Å²) < 4.78 is 17.8. The maximum Gasteiger partial charge on any atom is 0.319 e. The van der Waals surface area contributed by atoms with Crippen molar-refractivity contribution < 1.29 is 14.2 Å². The molecule has 0 radical (unpaired) electrons. The van der Waals surface area contributed by atoms with E-state index in [9.17, 15) is 0 Å². The molecule has 0 unspecified atom stereocenters. The van der Waals surface area contributed by atoms with E-state index in [-0.39, 0.29) is 6.01 Å². The lowest BCUT2D eigenvalue weighted by molar-refractivity contribution is 0.0855. The molecule has 0 N–H and O–H groups in total. The van der Waals surface area contributed by atoms with Crippen LogP contribution in [0.4, 0.5) is 0 Å². The lowest BCUT2D eigenvalue weighted by atomic mass is 9.92. The molecule has 1 aliphatic rings. The monoisotopic (exact) mass is 341 g/mol. The summed E-state index contributed by atoms with van der Waals surface area (Å²) in [6.45, 7) is 1.54. The van der Waals surface area contributed by atoms with Crippen LogP contribution in [0.5, 0.6) is 11.9 Å². The first-order chi connectivity index (χ1) is 12.3. The van der Waals surface area contributed by atoms with Gasteiger partial charge in [-0.2, -0.15) is 10.1 Å². The lowest BCUT2D eigenvalue weighted by Crippen LogP contribution is -2.15. The minimum absolute atomic E-state index is 0.258. The van der Waals surface area contributed by atoms with Gasteiger partial charge in [0, 0.05) is 37.4 Å². The molecule has 0 aromatic carbocycles. The van der Waals surface area contributed by atoms with E-state index >= 15 is 0 Å². The Kier molecular flexibility index (Phi) is 4.19. The second-order valence-corrected chi connectivity index (χ2v) is 5.85. The summed E-state index contributed by atoms with van der Waals surface area (Å²) in [5.41, 5.74) is 3.50. The molecule has 0 bridgehead atoms. The smallest absolute Gasteiger partial charge is 0.319 e. The third-order valence-electron chi connectivity index (χ3n) is 4.43. The predicted octanol–water partition coefficient (Wildman–Crippen LogP) is 2.10. The molecule has 0 amide bonds. The third kappa shape index (κ3) is 2.89. The van der Waals surface area contributed by atoms with Crippen molar-refractivity contribution in [1.29, 1.82) is 0 Å². The van der Waals surface area contributed by atoms with Gasteiger partial charge in [0.05, 0.1) is 25.5 Å². The van der Waals surface area contributed by atoms with Gasteiger partial charge >= 0.3 is 6.01 Å². The van der Waals surface area contributed by atoms with E-state index in [0.717, 1.165) is 43.0 Å². The van der Waals surface area contributed by atoms with E-state index in [1.165, 1.54) is 7.11 Å². The minimum atomic E-state index is 0.258. The first kappa shape index (κ1) is 15.8. The highest BCUT2D eigenvalue weighted by Gasteiger charge is 2.22. The number of hydrogen-bond acceptors (Lipinski definition) is 7. The summed E-state index contributed by atoms with van der Waals surface area (Å²) in [5.74, 6) is 0.822. The molecule has 0 aliphatic carbocycles. The van der Waals surface area contributed by atoms with Crippen molar-refractivity contribution in [3.63, 3.8) is 0 Å². The number of fused-ring (bicyclic) bond motifs is 1. The molecule has 0 spiro atoms. The van der Waals surface area contributed by atoms with Crippen LogP contribution < -0.4 is 9.47 Å². The van der Waals surface area contributed by atoms with Gasteiger partial charge in [-0.3, -0.25) is 0 Å². The SMILES string of the molecule is COc1ncc(-c2cc(C3CCOCC3)c3nccn3n2)c(OC)n1. The number of methoxy groups -OCH3 is 2. The Morgan fingerprint density at radius 1 is 1.16 bits per heavy atom. The Bertz CT molecular complexity index is 889. The minimum Gasteiger partial charge on any atom is -0.480 e. The van der Waals surface area contributed by atoms with Crippen molar-refractivity contribution in [2.45, 2.75) is 18.8 Å². The first-order valence-corrected chi connectivity index (χ1v) is 8.17. The molecule has 8 heteroatoms. The molecule has 4 rings (SSSR count). The van der Waals surface area contributed by atoms with Crippen molar-refractivity contribution in [3.8, 4) is 23.1 Å². The van der Waals surface area contributed by atoms with Gasteiger partial charge in [-0.05, 0) is 24.8 Å². The molecule has 3 aromatic rings. The lowest BCUT2D eigenvalue weighted by Gasteiger charge is -2.23. The molecule has 0 saturated carbocycles. The maximum atomic E-state index is 5.49. The van der Waals surface area contributed by atoms with Gasteiger partial charge in [-0.25, -0.2) is 14.5 Å². The van der Waals surface area contributed by atoms with Crippen molar-refractivity contribution in [2.75, 3.05) is 27.4 Å². The zero-order chi connectivity index (χ0) is 17.2. The molecule has 1 saturated heterocycles. The summed E-state index contributed by atoms with van der Waals surface area (Å²) in [6.07, 6.45) is 7.23. The standard InChI is InChI=1S/C17H19N5O3/c1-23-16-13(10-19-17(20-16)24-2)14-9-12(11-3-7-25-8-4-11)15-18-5-6-22(15)21-14/h5-6,9-11H,3-4,7-8H2,1-2H3. The van der Waals surface area contributed by atoms with Gasteiger partial charge in [0.25, 0.3) is 0 Å². The third-order valence-corrected chi connectivity index (χ3v) is 4.43. The van der Waals surface area contributed by atoms with Crippen LogP contribution in [0.1, 0.15) is 24.3 Å². The summed E-state index contributed by atoms with van der Waals surface area (Å²) in [6, 6.07) is 2.32. The predicted molar refractivity (Wildman–Crippen MR) is 89.9 cm³/mol. The van der Waals surface area contributed by atoms with Crippen LogP contribution >= 0.6 is 0 Å². The van der Waals surface area contributed by atoms with Crippen LogP contribution in [-0.2, 0) is 4.74 Å². The van der Waals surface area contributed by atoms with Crippen molar-refractivity contribution in [3.05, 3.63) is 30.2 Å². The maximum absolute atomic E-state index is 5.49. The Labute approximate surface area is 144 Å². The molecule has 1 aliphatic heterocycles. The number of nitrogens with zero attached hydrogens (tertiary/aromatic N) is 5. The van der Waals surface area contributed by atoms with Gasteiger partial charge in [-0.15, -0.1) is 0 Å². The summed E-state index contributed by atoms with van der Waals surface area (Å²) in [4.78, 5) is 12.9. The highest BCUT2D eigenvalue weighted by molar-refractivity contribution is 5.67. The average molecular weight is 341 g/mol. The van der Waals surface area contributed by atoms with E-state index in [2.05, 4.69) is 26.1 Å². The highest BCUT2D eigenvalue weighted by atomic mass is 16.5. The average Bonchev–Trinajstić information content (AvgIpc) is 3.16. The Morgan fingerprint density at radius 2 is 2.00 bits per heavy atom. The van der Waals surface area contributed by atoms with Gasteiger partial charge in [0.1, 0.15) is 0 Å². The largest absolute Gasteiger partial charge is 0.480 e. The topological polar surface area (TPSA) is 83.7 Å². The van der Waals surface area contributed by atoms with E-state index in [0.29, 0.717) is 17.4 Å². The van der Waals surface area contributed by atoms with E-state index in [1.807, 2.05) is 6.20 Å². The van der Waals surface area contributed by atoms with Crippen LogP contribution in [0.25, 0.3) is 16.9 Å². The Balaban J connectivity index is 1.85. The van der Waals surface area contributed by atoms with Crippen LogP contribution in [0.2, 0.25) is 0 Å². The van der Waals surface area contributed by atoms with Crippen LogP contribution in [0.15, 0.2) is 24.7 Å². The number of hydrogen-bond donors (Lipinski definition) is 0. The second-order valence-electron chi connectivity index (χ2n) is 5.85. The number of aromatic nitrogens is 5. The summed E-state index contributed by atoms with van der Waals surface area (Å²) >= 11 is 0. The Hall–Kier alpha value is -2.74. The zero-order valence-electron chi connectivity index (χ0n) is 14.2.